The van der Waals surface area contributed by atoms with Gasteiger partial charge in [0.2, 0.25) is 5.78 Å². The van der Waals surface area contributed by atoms with Crippen molar-refractivity contribution >= 4 is 30.0 Å². The number of aliphatic carboxylic acids is 1. The van der Waals surface area contributed by atoms with Gasteiger partial charge in [0.25, 0.3) is 12.2 Å². The molecule has 0 bridgehead atoms. The maximum absolute atomic E-state index is 12.4. The molecule has 2 aliphatic heterocycles. The summed E-state index contributed by atoms with van der Waals surface area (Å²) in [5.41, 5.74) is -0.764. The van der Waals surface area contributed by atoms with Crippen LogP contribution in [0.15, 0.2) is 0 Å². The van der Waals surface area contributed by atoms with Gasteiger partial charge >= 0.3 is 61.3 Å². The number of ether oxygens (including phenoxy) is 3. The number of halogens is 18. The van der Waals surface area contributed by atoms with Crippen molar-refractivity contribution in [2.24, 2.45) is 0 Å². The molecule has 0 saturated carbocycles. The number of ketones is 1. The van der Waals surface area contributed by atoms with Crippen molar-refractivity contribution in [3.05, 3.63) is 0 Å². The summed E-state index contributed by atoms with van der Waals surface area (Å²) in [6, 6.07) is 0. The summed E-state index contributed by atoms with van der Waals surface area (Å²) in [4.78, 5) is 55.5. The normalized spacial score (nSPS) is 15.6. The fraction of sp³-hybridized carbons (Fsp3) is 0.815. The third-order valence-electron chi connectivity index (χ3n) is 5.83. The van der Waals surface area contributed by atoms with Gasteiger partial charge in [0.1, 0.15) is 5.60 Å². The van der Waals surface area contributed by atoms with Gasteiger partial charge in [-0.2, -0.15) is 79.0 Å². The maximum atomic E-state index is 12.4. The summed E-state index contributed by atoms with van der Waals surface area (Å²) in [6.07, 6.45) is -45.0. The Morgan fingerprint density at radius 3 is 0.966 bits per heavy atom. The van der Waals surface area contributed by atoms with E-state index in [0.29, 0.717) is 11.8 Å². The highest BCUT2D eigenvalue weighted by molar-refractivity contribution is 5.81. The summed E-state index contributed by atoms with van der Waals surface area (Å²) in [6.45, 7) is 5.20. The highest BCUT2D eigenvalue weighted by Crippen LogP contribution is 2.37. The Bertz CT molecular complexity index is 1260. The molecule has 3 amide bonds. The number of carbonyl (C=O) groups excluding carboxylic acids is 4. The number of nitrogens with one attached hydrogen (secondary N) is 1. The zero-order valence-electron chi connectivity index (χ0n) is 29.2. The molecule has 2 saturated heterocycles. The topological polar surface area (TPSA) is 155 Å². The third-order valence-corrected chi connectivity index (χ3v) is 5.83. The molecule has 344 valence electrons. The first-order chi connectivity index (χ1) is 25.1. The smallest absolute Gasteiger partial charge is 0.475 e. The highest BCUT2D eigenvalue weighted by atomic mass is 19.4. The first-order valence-corrected chi connectivity index (χ1v) is 14.9. The van der Waals surface area contributed by atoms with Gasteiger partial charge in [0, 0.05) is 59.3 Å². The molecule has 0 aromatic rings. The van der Waals surface area contributed by atoms with Crippen molar-refractivity contribution in [1.82, 2.24) is 20.0 Å². The van der Waals surface area contributed by atoms with E-state index >= 15 is 0 Å². The average molecular weight is 903 g/mol. The second-order valence-electron chi connectivity index (χ2n) is 11.7. The zero-order valence-corrected chi connectivity index (χ0v) is 29.2. The molecule has 2 heterocycles. The number of rotatable bonds is 2. The van der Waals surface area contributed by atoms with E-state index in [1.807, 2.05) is 0 Å². The monoisotopic (exact) mass is 902 g/mol. The zero-order chi connectivity index (χ0) is 45.8. The van der Waals surface area contributed by atoms with Gasteiger partial charge in [0.05, 0.1) is 0 Å². The van der Waals surface area contributed by atoms with Gasteiger partial charge in [-0.3, -0.25) is 4.79 Å². The number of alkyl halides is 18. The second kappa shape index (κ2) is 22.1. The lowest BCUT2D eigenvalue weighted by molar-refractivity contribution is -0.309. The largest absolute Gasteiger partial charge is 0.490 e. The van der Waals surface area contributed by atoms with Crippen LogP contribution in [0.3, 0.4) is 0 Å². The summed E-state index contributed by atoms with van der Waals surface area (Å²) in [5.74, 6) is -4.51. The van der Waals surface area contributed by atoms with E-state index in [2.05, 4.69) is 14.8 Å². The van der Waals surface area contributed by atoms with Gasteiger partial charge in [-0.15, -0.1) is 0 Å². The SMILES string of the molecule is C.CC(=O)C(F)(F)F.CC(C)(C)OC(=O)N1CCN(C(=O)OC(C(F)(F)F)C(F)(F)F)CC1.O=C(O)C(F)(F)F.O=C(OC(C(F)(F)F)C(F)(F)F)N1CCNCC1. The Hall–Kier alpha value is -4.35. The second-order valence-corrected chi connectivity index (χ2v) is 11.7. The van der Waals surface area contributed by atoms with E-state index in [1.54, 1.807) is 20.8 Å². The standard InChI is InChI=1S/C13H18F6N2O4.C8H10F6N2O2.C3H3F3O.C2HF3O2.CH4/c1-11(2,3)25-10(23)21-6-4-20(5-7-21)9(22)24-8(12(14,15)16)13(17,18)19;9-7(10,11)5(8(12,13)14)18-6(17)16-3-1-15-2-4-16;1-2(7)3(4,5)6;3-2(4,5)1(6)7;/h8H,4-7H2,1-3H3;5,15H,1-4H2;1H3;(H,6,7);1H4. The molecular formula is C27H36F18N4O9. The third kappa shape index (κ3) is 23.8. The summed E-state index contributed by atoms with van der Waals surface area (Å²) in [7, 11) is 0. The lowest BCUT2D eigenvalue weighted by Crippen LogP contribution is -2.54. The van der Waals surface area contributed by atoms with Crippen LogP contribution in [-0.2, 0) is 23.8 Å². The quantitative estimate of drug-likeness (QED) is 0.217. The number of nitrogens with zero attached hydrogens (tertiary/aromatic N) is 3. The number of hydrogen-bond acceptors (Lipinski definition) is 9. The van der Waals surface area contributed by atoms with Crippen LogP contribution in [0.25, 0.3) is 0 Å². The molecule has 0 atom stereocenters. The van der Waals surface area contributed by atoms with Crippen molar-refractivity contribution in [2.75, 3.05) is 52.4 Å². The van der Waals surface area contributed by atoms with Crippen LogP contribution in [0.5, 0.6) is 0 Å². The van der Waals surface area contributed by atoms with Crippen molar-refractivity contribution in [3.8, 4) is 0 Å². The van der Waals surface area contributed by atoms with E-state index in [9.17, 15) is 98.2 Å². The molecule has 13 nitrogen and oxygen atoms in total. The summed E-state index contributed by atoms with van der Waals surface area (Å²) >= 11 is 0. The van der Waals surface area contributed by atoms with Crippen LogP contribution in [0.2, 0.25) is 0 Å². The summed E-state index contributed by atoms with van der Waals surface area (Å²) < 4.78 is 223. The summed E-state index contributed by atoms with van der Waals surface area (Å²) in [5, 5.41) is 9.91. The van der Waals surface area contributed by atoms with E-state index in [-0.39, 0.29) is 59.8 Å². The number of hydrogen-bond donors (Lipinski definition) is 2. The molecule has 2 rings (SSSR count). The minimum absolute atomic E-state index is 0. The molecule has 2 N–H and O–H groups in total. The van der Waals surface area contributed by atoms with Crippen molar-refractivity contribution in [3.63, 3.8) is 0 Å². The predicted octanol–water partition coefficient (Wildman–Crippen LogP) is 7.10. The first-order valence-electron chi connectivity index (χ1n) is 14.9. The Balaban J connectivity index is -0.000000794. The van der Waals surface area contributed by atoms with E-state index in [1.165, 1.54) is 4.90 Å². The van der Waals surface area contributed by atoms with Crippen molar-refractivity contribution in [2.45, 2.75) is 90.0 Å². The lowest BCUT2D eigenvalue weighted by atomic mass is 10.2. The molecule has 0 unspecified atom stereocenters. The molecule has 0 spiro atoms. The minimum Gasteiger partial charge on any atom is -0.475 e. The van der Waals surface area contributed by atoms with Crippen LogP contribution in [0.4, 0.5) is 93.4 Å². The van der Waals surface area contributed by atoms with Crippen LogP contribution < -0.4 is 5.32 Å². The molecule has 0 aromatic heterocycles. The fourth-order valence-electron chi connectivity index (χ4n) is 3.23. The Morgan fingerprint density at radius 2 is 0.759 bits per heavy atom. The van der Waals surface area contributed by atoms with Gasteiger partial charge in [-0.25, -0.2) is 19.2 Å². The van der Waals surface area contributed by atoms with Crippen LogP contribution >= 0.6 is 0 Å². The molecule has 31 heteroatoms. The number of carboxylic acid groups (broad SMARTS) is 1. The van der Waals surface area contributed by atoms with E-state index in [4.69, 9.17) is 14.6 Å². The first kappa shape index (κ1) is 58.0. The number of Topliss-reactive ketones (excluding diaryl/α,β-unsaturated/α-hetero) is 1. The molecule has 2 aliphatic rings. The van der Waals surface area contributed by atoms with Gasteiger partial charge in [-0.05, 0) is 20.8 Å². The minimum atomic E-state index is -5.77. The van der Waals surface area contributed by atoms with E-state index in [0.717, 1.165) is 4.90 Å². The van der Waals surface area contributed by atoms with Gasteiger partial charge in [-0.1, -0.05) is 7.43 Å². The van der Waals surface area contributed by atoms with E-state index < -0.39 is 84.9 Å². The Kier molecular flexibility index (Phi) is 22.1. The Morgan fingerprint density at radius 1 is 0.517 bits per heavy atom. The Labute approximate surface area is 315 Å². The molecule has 58 heavy (non-hydrogen) atoms. The van der Waals surface area contributed by atoms with Crippen LogP contribution in [-0.4, -0.2) is 157 Å². The van der Waals surface area contributed by atoms with Crippen LogP contribution in [0.1, 0.15) is 35.1 Å². The number of piperazine rings is 2. The van der Waals surface area contributed by atoms with Gasteiger partial charge < -0.3 is 39.3 Å². The maximum Gasteiger partial charge on any atom is 0.490 e. The predicted molar refractivity (Wildman–Crippen MR) is 156 cm³/mol. The number of carbonyl (C=O) groups is 5. The molecule has 0 aliphatic carbocycles. The van der Waals surface area contributed by atoms with Crippen molar-refractivity contribution in [1.29, 1.82) is 0 Å². The number of carboxylic acids is 1. The number of amides is 3. The van der Waals surface area contributed by atoms with Crippen LogP contribution in [0, 0.1) is 0 Å². The van der Waals surface area contributed by atoms with Gasteiger partial charge in [0.15, 0.2) is 0 Å². The molecule has 0 aromatic carbocycles. The average Bonchev–Trinajstić information content (AvgIpc) is 2.99. The lowest BCUT2D eigenvalue weighted by Gasteiger charge is -2.35. The molecule has 2 fully saturated rings. The highest BCUT2D eigenvalue weighted by Gasteiger charge is 2.61. The fourth-order valence-corrected chi connectivity index (χ4v) is 3.23. The molecular weight excluding hydrogens is 866 g/mol. The van der Waals surface area contributed by atoms with Crippen molar-refractivity contribution < 1.29 is 122 Å². The molecule has 0 radical (unpaired) electrons.